The Morgan fingerprint density at radius 2 is 0.534 bits per heavy atom. The van der Waals surface area contributed by atoms with E-state index in [-0.39, 0.29) is 37.5 Å². The summed E-state index contributed by atoms with van der Waals surface area (Å²) in [6.07, 6.45) is 84.4. The summed E-state index contributed by atoms with van der Waals surface area (Å²) in [5.74, 6) is -0.958. The molecule has 1 unspecified atom stereocenters. The summed E-state index contributed by atoms with van der Waals surface area (Å²) in [7, 11) is 0. The minimum absolute atomic E-state index is 0.103. The second-order valence-corrected chi connectivity index (χ2v) is 19.1. The lowest BCUT2D eigenvalue weighted by Gasteiger charge is -2.18. The van der Waals surface area contributed by atoms with E-state index < -0.39 is 6.10 Å². The molecule has 0 aliphatic rings. The number of esters is 3. The van der Waals surface area contributed by atoms with Crippen LogP contribution in [-0.4, -0.2) is 37.2 Å². The molecule has 6 heteroatoms. The number of ether oxygens (including phenoxy) is 3. The molecule has 0 saturated carbocycles. The average molecular weight is 1010 g/mol. The monoisotopic (exact) mass is 1010 g/mol. The van der Waals surface area contributed by atoms with Gasteiger partial charge in [-0.1, -0.05) is 231 Å². The molecule has 73 heavy (non-hydrogen) atoms. The first kappa shape index (κ1) is 68.6. The predicted molar refractivity (Wildman–Crippen MR) is 316 cm³/mol. The van der Waals surface area contributed by atoms with Crippen LogP contribution in [0.3, 0.4) is 0 Å². The Kier molecular flexibility index (Phi) is 56.4. The third-order valence-corrected chi connectivity index (χ3v) is 12.1. The normalized spacial score (nSPS) is 13.1. The zero-order chi connectivity index (χ0) is 52.9. The van der Waals surface area contributed by atoms with E-state index in [9.17, 15) is 14.4 Å². The molecule has 0 rings (SSSR count). The van der Waals surface area contributed by atoms with Crippen molar-refractivity contribution in [1.82, 2.24) is 0 Å². The molecule has 0 bridgehead atoms. The smallest absolute Gasteiger partial charge is 0.306 e. The Morgan fingerprint density at radius 1 is 0.288 bits per heavy atom. The second-order valence-electron chi connectivity index (χ2n) is 19.1. The quantitative estimate of drug-likeness (QED) is 0.0261. The maximum absolute atomic E-state index is 12.9. The van der Waals surface area contributed by atoms with Gasteiger partial charge in [-0.05, 0) is 135 Å². The summed E-state index contributed by atoms with van der Waals surface area (Å²) >= 11 is 0. The predicted octanol–water partition coefficient (Wildman–Crippen LogP) is 20.2. The highest BCUT2D eigenvalue weighted by Crippen LogP contribution is 2.14. The van der Waals surface area contributed by atoms with E-state index in [4.69, 9.17) is 14.2 Å². The van der Waals surface area contributed by atoms with Crippen LogP contribution in [0.2, 0.25) is 0 Å². The van der Waals surface area contributed by atoms with Crippen molar-refractivity contribution in [3.8, 4) is 0 Å². The van der Waals surface area contributed by atoms with Crippen molar-refractivity contribution in [1.29, 1.82) is 0 Å². The van der Waals surface area contributed by atoms with Gasteiger partial charge in [-0.15, -0.1) is 0 Å². The molecule has 0 N–H and O–H groups in total. The first-order chi connectivity index (χ1) is 36.0. The van der Waals surface area contributed by atoms with E-state index in [0.29, 0.717) is 12.8 Å². The maximum atomic E-state index is 12.9. The molecule has 0 fully saturated rings. The third kappa shape index (κ3) is 58.3. The molecule has 0 saturated heterocycles. The lowest BCUT2D eigenvalue weighted by atomic mass is 10.1. The minimum Gasteiger partial charge on any atom is -0.462 e. The highest BCUT2D eigenvalue weighted by atomic mass is 16.6. The number of hydrogen-bond donors (Lipinski definition) is 0. The molecule has 0 aromatic heterocycles. The summed E-state index contributed by atoms with van der Waals surface area (Å²) in [4.78, 5) is 38.2. The Labute approximate surface area is 449 Å². The minimum atomic E-state index is -0.809. The largest absolute Gasteiger partial charge is 0.462 e. The summed E-state index contributed by atoms with van der Waals surface area (Å²) in [6, 6.07) is 0. The van der Waals surface area contributed by atoms with Crippen molar-refractivity contribution in [2.45, 2.75) is 258 Å². The Balaban J connectivity index is 4.46. The molecule has 0 spiro atoms. The molecule has 0 amide bonds. The van der Waals surface area contributed by atoms with Crippen molar-refractivity contribution in [3.05, 3.63) is 134 Å². The first-order valence-electron chi connectivity index (χ1n) is 29.7. The molecule has 0 aromatic carbocycles. The van der Waals surface area contributed by atoms with Gasteiger partial charge < -0.3 is 14.2 Å². The van der Waals surface area contributed by atoms with Crippen LogP contribution in [0.15, 0.2) is 134 Å². The maximum Gasteiger partial charge on any atom is 0.306 e. The topological polar surface area (TPSA) is 78.9 Å². The Hall–Kier alpha value is -4.45. The summed E-state index contributed by atoms with van der Waals surface area (Å²) in [5, 5.41) is 0. The van der Waals surface area contributed by atoms with Crippen LogP contribution in [0.4, 0.5) is 0 Å². The van der Waals surface area contributed by atoms with Gasteiger partial charge in [0.25, 0.3) is 0 Å². The molecule has 0 aliphatic heterocycles. The number of rotatable bonds is 52. The molecule has 412 valence electrons. The molecular weight excluding hydrogens is 901 g/mol. The van der Waals surface area contributed by atoms with Crippen molar-refractivity contribution >= 4 is 17.9 Å². The van der Waals surface area contributed by atoms with Gasteiger partial charge >= 0.3 is 17.9 Å². The van der Waals surface area contributed by atoms with E-state index in [1.807, 2.05) is 0 Å². The number of allylic oxidation sites excluding steroid dienone is 22. The van der Waals surface area contributed by atoms with E-state index in [2.05, 4.69) is 154 Å². The van der Waals surface area contributed by atoms with Crippen LogP contribution in [0.1, 0.15) is 252 Å². The highest BCUT2D eigenvalue weighted by Gasteiger charge is 2.19. The number of carbonyl (C=O) groups excluding carboxylic acids is 3. The zero-order valence-corrected chi connectivity index (χ0v) is 47.1. The summed E-state index contributed by atoms with van der Waals surface area (Å²) in [5.41, 5.74) is 0. The van der Waals surface area contributed by atoms with Crippen LogP contribution in [-0.2, 0) is 28.6 Å². The fourth-order valence-corrected chi connectivity index (χ4v) is 7.72. The van der Waals surface area contributed by atoms with Gasteiger partial charge in [-0.2, -0.15) is 0 Å². The van der Waals surface area contributed by atoms with Crippen LogP contribution < -0.4 is 0 Å². The molecule has 0 heterocycles. The molecule has 0 aromatic rings. The van der Waals surface area contributed by atoms with Gasteiger partial charge in [-0.3, -0.25) is 14.4 Å². The second kappa shape index (κ2) is 60.1. The van der Waals surface area contributed by atoms with Crippen molar-refractivity contribution in [2.24, 2.45) is 0 Å². The molecule has 6 nitrogen and oxygen atoms in total. The van der Waals surface area contributed by atoms with Crippen molar-refractivity contribution in [2.75, 3.05) is 13.2 Å². The molecular formula is C67H108O6. The van der Waals surface area contributed by atoms with E-state index in [1.54, 1.807) is 0 Å². The number of unbranched alkanes of at least 4 members (excludes halogenated alkanes) is 19. The van der Waals surface area contributed by atoms with Crippen LogP contribution >= 0.6 is 0 Å². The van der Waals surface area contributed by atoms with E-state index >= 15 is 0 Å². The average Bonchev–Trinajstić information content (AvgIpc) is 3.39. The van der Waals surface area contributed by atoms with Gasteiger partial charge in [0.15, 0.2) is 6.10 Å². The van der Waals surface area contributed by atoms with Gasteiger partial charge in [0.1, 0.15) is 13.2 Å². The highest BCUT2D eigenvalue weighted by molar-refractivity contribution is 5.71. The van der Waals surface area contributed by atoms with Crippen LogP contribution in [0, 0.1) is 0 Å². The number of hydrogen-bond acceptors (Lipinski definition) is 6. The zero-order valence-electron chi connectivity index (χ0n) is 47.1. The van der Waals surface area contributed by atoms with Crippen molar-refractivity contribution in [3.63, 3.8) is 0 Å². The summed E-state index contributed by atoms with van der Waals surface area (Å²) < 4.78 is 16.8. The van der Waals surface area contributed by atoms with Crippen molar-refractivity contribution < 1.29 is 28.6 Å². The molecule has 0 radical (unpaired) electrons. The lowest BCUT2D eigenvalue weighted by molar-refractivity contribution is -0.167. The molecule has 1 atom stereocenters. The van der Waals surface area contributed by atoms with E-state index in [1.165, 1.54) is 64.2 Å². The van der Waals surface area contributed by atoms with Gasteiger partial charge in [0.2, 0.25) is 0 Å². The summed E-state index contributed by atoms with van der Waals surface area (Å²) in [6.45, 7) is 6.35. The van der Waals surface area contributed by atoms with Crippen LogP contribution in [0.5, 0.6) is 0 Å². The fraction of sp³-hybridized carbons (Fsp3) is 0.627. The SMILES string of the molecule is CC/C=C\C/C=C\C/C=C\C/C=C\C/C=C\CCCCCCCCCC(=O)OCC(COC(=O)CCCCCCC/C=C\CCCCCC)OC(=O)CCCCC/C=C\C/C=C\C/C=C\C/C=C\C/C=C\CC. The lowest BCUT2D eigenvalue weighted by Crippen LogP contribution is -2.30. The van der Waals surface area contributed by atoms with Crippen LogP contribution in [0.25, 0.3) is 0 Å². The fourth-order valence-electron chi connectivity index (χ4n) is 7.72. The standard InChI is InChI=1S/C67H108O6/c1-4-7-10-13-16-19-22-25-27-29-31-32-33-34-36-37-39-42-45-48-51-54-57-60-66(69)72-63-64(62-71-65(68)59-56-53-50-47-44-41-24-21-18-15-12-9-6-3)73-67(70)61-58-55-52-49-46-43-40-38-35-30-28-26-23-20-17-14-11-8-5-2/h7-8,10-11,16-17,19-21,24-28,31-32,34-36,38,43,46,64H,4-6,9,12-15,18,22-23,29-30,33,37,39-42,44-45,47-63H2,1-3H3/b10-7-,11-8-,19-16-,20-17-,24-21-,27-25-,28-26-,32-31-,36-34-,38-35-,46-43-. The third-order valence-electron chi connectivity index (χ3n) is 12.1. The van der Waals surface area contributed by atoms with E-state index in [0.717, 1.165) is 148 Å². The van der Waals surface area contributed by atoms with Gasteiger partial charge in [0, 0.05) is 19.3 Å². The number of carbonyl (C=O) groups is 3. The Bertz CT molecular complexity index is 1580. The van der Waals surface area contributed by atoms with Gasteiger partial charge in [-0.25, -0.2) is 0 Å². The Morgan fingerprint density at radius 3 is 0.863 bits per heavy atom. The molecule has 0 aliphatic carbocycles. The first-order valence-corrected chi connectivity index (χ1v) is 29.7. The van der Waals surface area contributed by atoms with Gasteiger partial charge in [0.05, 0.1) is 0 Å².